The molecule has 0 saturated carbocycles. The lowest BCUT2D eigenvalue weighted by molar-refractivity contribution is 0.0674. The fraction of sp³-hybridized carbons (Fsp3) is 0.538. The Hall–Kier alpha value is -1.17. The molecule has 1 amide bonds. The van der Waals surface area contributed by atoms with E-state index in [9.17, 15) is 4.79 Å². The highest BCUT2D eigenvalue weighted by Gasteiger charge is 2.15. The number of amides is 1. The first-order valence-electron chi connectivity index (χ1n) is 6.07. The van der Waals surface area contributed by atoms with E-state index in [1.54, 1.807) is 31.3 Å². The predicted molar refractivity (Wildman–Crippen MR) is 73.5 cm³/mol. The van der Waals surface area contributed by atoms with Crippen molar-refractivity contribution in [1.29, 1.82) is 0 Å². The minimum absolute atomic E-state index is 0.0719. The number of nitrogens with zero attached hydrogens (tertiary/aromatic N) is 2. The Bertz CT molecular complexity index is 384. The number of ether oxygens (including phenoxy) is 2. The van der Waals surface area contributed by atoms with Crippen LogP contribution in [0.15, 0.2) is 18.3 Å². The maximum atomic E-state index is 12.3. The van der Waals surface area contributed by atoms with Gasteiger partial charge in [-0.2, -0.15) is 0 Å². The molecule has 0 aliphatic heterocycles. The van der Waals surface area contributed by atoms with Gasteiger partial charge in [0.15, 0.2) is 0 Å². The van der Waals surface area contributed by atoms with Gasteiger partial charge in [-0.1, -0.05) is 11.6 Å². The summed E-state index contributed by atoms with van der Waals surface area (Å²) in [5.74, 6) is -0.0719. The molecule has 0 saturated heterocycles. The van der Waals surface area contributed by atoms with Crippen LogP contribution in [0.25, 0.3) is 0 Å². The van der Waals surface area contributed by atoms with Gasteiger partial charge in [-0.3, -0.25) is 4.79 Å². The minimum atomic E-state index is -0.0719. The summed E-state index contributed by atoms with van der Waals surface area (Å²) >= 11 is 5.71. The molecule has 0 radical (unpaired) electrons. The van der Waals surface area contributed by atoms with E-state index in [0.29, 0.717) is 37.0 Å². The van der Waals surface area contributed by atoms with Crippen LogP contribution in [0.5, 0.6) is 0 Å². The molecule has 1 aromatic heterocycles. The maximum Gasteiger partial charge on any atom is 0.255 e. The molecule has 6 heteroatoms. The number of hydrogen-bond acceptors (Lipinski definition) is 4. The van der Waals surface area contributed by atoms with E-state index in [4.69, 9.17) is 21.1 Å². The quantitative estimate of drug-likeness (QED) is 0.541. The van der Waals surface area contributed by atoms with Crippen molar-refractivity contribution in [3.8, 4) is 0 Å². The summed E-state index contributed by atoms with van der Waals surface area (Å²) < 4.78 is 10.0. The first-order chi connectivity index (χ1) is 9.19. The van der Waals surface area contributed by atoms with Gasteiger partial charge in [0.05, 0.1) is 12.2 Å². The average Bonchev–Trinajstić information content (AvgIpc) is 2.43. The Morgan fingerprint density at radius 2 is 2.00 bits per heavy atom. The number of methoxy groups -OCH3 is 2. The molecule has 1 rings (SSSR count). The Balaban J connectivity index is 2.66. The molecule has 0 unspecified atom stereocenters. The summed E-state index contributed by atoms with van der Waals surface area (Å²) in [5.41, 5.74) is 0.526. The van der Waals surface area contributed by atoms with Crippen molar-refractivity contribution in [3.05, 3.63) is 29.0 Å². The average molecular weight is 287 g/mol. The molecule has 1 heterocycles. The number of hydrogen-bond donors (Lipinski definition) is 0. The van der Waals surface area contributed by atoms with E-state index in [1.165, 1.54) is 6.20 Å². The van der Waals surface area contributed by atoms with Gasteiger partial charge >= 0.3 is 0 Å². The maximum absolute atomic E-state index is 12.3. The van der Waals surface area contributed by atoms with Crippen LogP contribution < -0.4 is 0 Å². The zero-order valence-corrected chi connectivity index (χ0v) is 12.0. The van der Waals surface area contributed by atoms with Crippen LogP contribution in [0.1, 0.15) is 16.8 Å². The van der Waals surface area contributed by atoms with Gasteiger partial charge in [-0.25, -0.2) is 4.98 Å². The summed E-state index contributed by atoms with van der Waals surface area (Å²) in [5, 5.41) is 0.374. The summed E-state index contributed by atoms with van der Waals surface area (Å²) in [6.45, 7) is 2.29. The highest BCUT2D eigenvalue weighted by Crippen LogP contribution is 2.08. The van der Waals surface area contributed by atoms with Crippen molar-refractivity contribution < 1.29 is 14.3 Å². The van der Waals surface area contributed by atoms with Gasteiger partial charge in [0.2, 0.25) is 0 Å². The fourth-order valence-corrected chi connectivity index (χ4v) is 1.71. The van der Waals surface area contributed by atoms with Crippen molar-refractivity contribution in [1.82, 2.24) is 9.88 Å². The zero-order chi connectivity index (χ0) is 14.1. The molecule has 0 aliphatic rings. The third-order valence-electron chi connectivity index (χ3n) is 2.60. The predicted octanol–water partition coefficient (Wildman–Crippen LogP) is 1.86. The second-order valence-electron chi connectivity index (χ2n) is 4.00. The first kappa shape index (κ1) is 15.9. The largest absolute Gasteiger partial charge is 0.385 e. The molecular weight excluding hydrogens is 268 g/mol. The summed E-state index contributed by atoms with van der Waals surface area (Å²) in [6, 6.07) is 3.28. The van der Waals surface area contributed by atoms with Gasteiger partial charge in [0.1, 0.15) is 5.15 Å². The summed E-state index contributed by atoms with van der Waals surface area (Å²) in [7, 11) is 3.26. The number of pyridine rings is 1. The number of halogens is 1. The Morgan fingerprint density at radius 1 is 1.26 bits per heavy atom. The first-order valence-corrected chi connectivity index (χ1v) is 6.45. The molecule has 0 aliphatic carbocycles. The molecule has 5 nitrogen and oxygen atoms in total. The third kappa shape index (κ3) is 5.55. The van der Waals surface area contributed by atoms with Gasteiger partial charge in [0, 0.05) is 40.1 Å². The number of carbonyl (C=O) groups excluding carboxylic acids is 1. The molecule has 1 aromatic rings. The van der Waals surface area contributed by atoms with Crippen LogP contribution in [0.3, 0.4) is 0 Å². The zero-order valence-electron chi connectivity index (χ0n) is 11.3. The molecule has 0 fully saturated rings. The lowest BCUT2D eigenvalue weighted by Crippen LogP contribution is -2.35. The Labute approximate surface area is 118 Å². The lowest BCUT2D eigenvalue weighted by Gasteiger charge is -2.22. The van der Waals surface area contributed by atoms with Crippen molar-refractivity contribution in [3.63, 3.8) is 0 Å². The Morgan fingerprint density at radius 3 is 2.58 bits per heavy atom. The molecule has 0 aromatic carbocycles. The highest BCUT2D eigenvalue weighted by molar-refractivity contribution is 6.29. The van der Waals surface area contributed by atoms with Gasteiger partial charge < -0.3 is 14.4 Å². The molecule has 19 heavy (non-hydrogen) atoms. The summed E-state index contributed by atoms with van der Waals surface area (Å²) in [4.78, 5) is 18.0. The second-order valence-corrected chi connectivity index (χ2v) is 4.39. The molecule has 0 bridgehead atoms. The molecular formula is C13H19ClN2O3. The van der Waals surface area contributed by atoms with Crippen LogP contribution >= 0.6 is 11.6 Å². The van der Waals surface area contributed by atoms with Crippen LogP contribution in [0, 0.1) is 0 Å². The van der Waals surface area contributed by atoms with Gasteiger partial charge in [-0.05, 0) is 18.6 Å². The third-order valence-corrected chi connectivity index (χ3v) is 2.83. The van der Waals surface area contributed by atoms with Crippen LogP contribution in [0.2, 0.25) is 5.15 Å². The van der Waals surface area contributed by atoms with E-state index >= 15 is 0 Å². The van der Waals surface area contributed by atoms with E-state index in [1.807, 2.05) is 0 Å². The summed E-state index contributed by atoms with van der Waals surface area (Å²) in [6.07, 6.45) is 2.27. The molecule has 0 atom stereocenters. The Kier molecular flexibility index (Phi) is 7.40. The van der Waals surface area contributed by atoms with Gasteiger partial charge in [0.25, 0.3) is 5.91 Å². The van der Waals surface area contributed by atoms with Crippen molar-refractivity contribution >= 4 is 17.5 Å². The number of aromatic nitrogens is 1. The number of carbonyl (C=O) groups is 1. The molecule has 0 spiro atoms. The normalized spacial score (nSPS) is 10.5. The highest BCUT2D eigenvalue weighted by atomic mass is 35.5. The molecule has 0 N–H and O–H groups in total. The van der Waals surface area contributed by atoms with Crippen molar-refractivity contribution in [2.75, 3.05) is 40.5 Å². The SMILES string of the molecule is COCCCN(CCOC)C(=O)c1ccc(Cl)nc1. The van der Waals surface area contributed by atoms with Crippen LogP contribution in [-0.4, -0.2) is 56.3 Å². The smallest absolute Gasteiger partial charge is 0.255 e. The second kappa shape index (κ2) is 8.85. The van der Waals surface area contributed by atoms with Crippen molar-refractivity contribution in [2.24, 2.45) is 0 Å². The standard InChI is InChI=1S/C13H19ClN2O3/c1-18-8-3-6-16(7-9-19-2)13(17)11-4-5-12(14)15-10-11/h4-5,10H,3,6-9H2,1-2H3. The van der Waals surface area contributed by atoms with Crippen molar-refractivity contribution in [2.45, 2.75) is 6.42 Å². The fourth-order valence-electron chi connectivity index (χ4n) is 1.60. The van der Waals surface area contributed by atoms with Gasteiger partial charge in [-0.15, -0.1) is 0 Å². The molecule has 106 valence electrons. The van der Waals surface area contributed by atoms with Crippen LogP contribution in [-0.2, 0) is 9.47 Å². The minimum Gasteiger partial charge on any atom is -0.385 e. The lowest BCUT2D eigenvalue weighted by atomic mass is 10.2. The monoisotopic (exact) mass is 286 g/mol. The van der Waals surface area contributed by atoms with Crippen LogP contribution in [0.4, 0.5) is 0 Å². The van der Waals surface area contributed by atoms with E-state index < -0.39 is 0 Å². The topological polar surface area (TPSA) is 51.7 Å². The van der Waals surface area contributed by atoms with E-state index in [2.05, 4.69) is 4.98 Å². The van der Waals surface area contributed by atoms with E-state index in [0.717, 1.165) is 6.42 Å². The number of rotatable bonds is 8. The van der Waals surface area contributed by atoms with E-state index in [-0.39, 0.29) is 5.91 Å².